The lowest BCUT2D eigenvalue weighted by Crippen LogP contribution is -2.17. The standard InChI is InChI=1S/C18H19ClF2.C17H18ClFO.C17H18ClF.C16H14Cl3F.C16H15ClF2.C14H16ClFN2.C13H14F2N2/c1-5-11-6-12(8-14(20)7-11)13-9-15(18(2,3)4)17(21)16(19)10-13;1-17(2,3)14-8-13(9-15(18)16(14)19)12-6-4-5-11(7-12)10-20;1-11-6-5-7-12(8-11)13-9-14(17(2,3)4)16(19)15(18)10-13;1-16(2,3)13-6-10(7-14(19)15(13)20)9-4-11(17)8-12(18)5-9;1-16(2,3)13-8-11(9-14(17)15(13)19)10-5-4-6-12(18)7-10;1-14(2,3)13-17-12(8-18(13)4)9-5-6-11(16)10(15)7-9;1-13(2,3)11-9(14)5-4-8(12(11)15)10-6-16-7-17-10/h6-10H,5H2,1-4H3;4-9,20H,10H2,1-3H3;5-10H,1-4H3;4-8H,1-3H3;4-9H,1-3H3;5-8H,1-4H3;4-7H,1-3H3,(H,16,17). The summed E-state index contributed by atoms with van der Waals surface area (Å²) in [4.78, 5) is 11.3. The van der Waals surface area contributed by atoms with E-state index in [1.54, 1.807) is 106 Å². The summed E-state index contributed by atoms with van der Waals surface area (Å²) in [7, 11) is 1.96. The third-order valence-electron chi connectivity index (χ3n) is 21.4. The molecule has 2 N–H and O–H groups in total. The molecule has 0 aliphatic carbocycles. The van der Waals surface area contributed by atoms with Gasteiger partial charge in [-0.25, -0.2) is 53.9 Å². The molecule has 710 valence electrons. The Hall–Kier alpha value is -9.36. The van der Waals surface area contributed by atoms with Crippen molar-refractivity contribution >= 4 is 92.8 Å². The molecule has 12 aromatic carbocycles. The zero-order valence-corrected chi connectivity index (χ0v) is 85.8. The van der Waals surface area contributed by atoms with Crippen LogP contribution in [0.1, 0.15) is 208 Å². The molecule has 23 heteroatoms. The normalized spacial score (nSPS) is 11.8. The van der Waals surface area contributed by atoms with Gasteiger partial charge in [-0.15, -0.1) is 0 Å². The van der Waals surface area contributed by atoms with Crippen LogP contribution in [0.5, 0.6) is 0 Å². The first-order chi connectivity index (χ1) is 62.0. The minimum absolute atomic E-state index is 0.0190. The third-order valence-corrected chi connectivity index (χ3v) is 23.5. The molecule has 0 spiro atoms. The van der Waals surface area contributed by atoms with Gasteiger partial charge >= 0.3 is 0 Å². The first-order valence-corrected chi connectivity index (χ1v) is 46.3. The van der Waals surface area contributed by atoms with Crippen molar-refractivity contribution in [3.05, 3.63) is 373 Å². The van der Waals surface area contributed by atoms with Gasteiger partial charge in [0.05, 0.1) is 60.7 Å². The lowest BCUT2D eigenvalue weighted by molar-refractivity contribution is 0.282. The number of imidazole rings is 2. The molecule has 5 nitrogen and oxygen atoms in total. The summed E-state index contributed by atoms with van der Waals surface area (Å²) in [5.74, 6) is -2.94. The zero-order chi connectivity index (χ0) is 100. The molecule has 2 heterocycles. The topological polar surface area (TPSA) is 66.7 Å². The van der Waals surface area contributed by atoms with Crippen molar-refractivity contribution in [3.63, 3.8) is 0 Å². The number of aryl methyl sites for hydroxylation is 3. The van der Waals surface area contributed by atoms with Gasteiger partial charge in [-0.05, 0) is 280 Å². The summed E-state index contributed by atoms with van der Waals surface area (Å²) >= 11 is 47.9. The van der Waals surface area contributed by atoms with Crippen molar-refractivity contribution in [3.8, 4) is 78.1 Å². The molecule has 14 rings (SSSR count). The van der Waals surface area contributed by atoms with Crippen LogP contribution in [0, 0.1) is 65.1 Å². The molecule has 0 saturated carbocycles. The number of aliphatic hydroxyl groups is 1. The molecule has 0 radical (unpaired) electrons. The fraction of sp³-hybridized carbons (Fsp3) is 0.297. The SMILES string of the molecule is CC(C)(C)c1c(F)ccc(-c2cnc[nH]2)c1F.CC(C)(C)c1cc(-c2cc(Cl)cc(Cl)c2)cc(Cl)c1F.CC(C)(C)c1cc(-c2cccc(CO)c2)cc(Cl)c1F.CC(C)(C)c1cc(-c2cccc(F)c2)cc(Cl)c1F.CCc1cc(F)cc(-c2cc(Cl)c(F)c(C(C)(C)C)c2)c1.Cc1cccc(-c2cc(Cl)c(F)c(C(C)(C)C)c2)c1.Cn1cc(-c2ccc(F)c(Cl)c2)nc1C(C)(C)C. The van der Waals surface area contributed by atoms with E-state index in [0.717, 1.165) is 84.7 Å². The second-order valence-corrected chi connectivity index (χ2v) is 43.2. The summed E-state index contributed by atoms with van der Waals surface area (Å²) in [5.41, 5.74) is 14.4. The minimum Gasteiger partial charge on any atom is -0.392 e. The Bertz CT molecular complexity index is 6350. The van der Waals surface area contributed by atoms with Gasteiger partial charge in [0.1, 0.15) is 64.0 Å². The molecule has 14 aromatic rings. The summed E-state index contributed by atoms with van der Waals surface area (Å²) < 4.78 is 141. The largest absolute Gasteiger partial charge is 0.392 e. The Morgan fingerprint density at radius 3 is 1.07 bits per heavy atom. The summed E-state index contributed by atoms with van der Waals surface area (Å²) in [6.07, 6.45) is 5.66. The Labute approximate surface area is 823 Å². The lowest BCUT2D eigenvalue weighted by atomic mass is 9.84. The Morgan fingerprint density at radius 1 is 0.336 bits per heavy atom. The van der Waals surface area contributed by atoms with E-state index in [0.29, 0.717) is 54.7 Å². The predicted molar refractivity (Wildman–Crippen MR) is 543 cm³/mol. The number of benzene rings is 12. The fourth-order valence-electron chi connectivity index (χ4n) is 14.4. The van der Waals surface area contributed by atoms with Crippen LogP contribution in [0.25, 0.3) is 78.1 Å². The summed E-state index contributed by atoms with van der Waals surface area (Å²) in [6, 6.07) is 56.3. The third kappa shape index (κ3) is 29.6. The van der Waals surface area contributed by atoms with Crippen molar-refractivity contribution < 1.29 is 49.0 Å². The molecule has 0 aliphatic rings. The van der Waals surface area contributed by atoms with Crippen molar-refractivity contribution in [2.45, 2.75) is 210 Å². The van der Waals surface area contributed by atoms with E-state index in [2.05, 4.69) is 41.8 Å². The quantitative estimate of drug-likeness (QED) is 0.142. The van der Waals surface area contributed by atoms with Gasteiger partial charge in [-0.1, -0.05) is 311 Å². The molecular formula is C111H114Cl8F10N4O. The molecule has 2 aromatic heterocycles. The van der Waals surface area contributed by atoms with Crippen LogP contribution >= 0.6 is 92.8 Å². The number of halogens is 18. The highest BCUT2D eigenvalue weighted by molar-refractivity contribution is 6.35. The van der Waals surface area contributed by atoms with E-state index in [9.17, 15) is 49.0 Å². The number of rotatable bonds is 9. The van der Waals surface area contributed by atoms with Crippen LogP contribution in [-0.4, -0.2) is 24.6 Å². The average molecular weight is 1990 g/mol. The van der Waals surface area contributed by atoms with E-state index in [-0.39, 0.29) is 104 Å². The van der Waals surface area contributed by atoms with Crippen LogP contribution in [0.3, 0.4) is 0 Å². The van der Waals surface area contributed by atoms with Gasteiger partial charge in [0.25, 0.3) is 0 Å². The number of hydrogen-bond donors (Lipinski definition) is 2. The highest BCUT2D eigenvalue weighted by Crippen LogP contribution is 2.43. The Kier molecular flexibility index (Phi) is 37.2. The van der Waals surface area contributed by atoms with Crippen LogP contribution in [0.2, 0.25) is 40.2 Å². The number of aromatic amines is 1. The second kappa shape index (κ2) is 45.3. The van der Waals surface area contributed by atoms with Gasteiger partial charge in [0.15, 0.2) is 0 Å². The molecule has 134 heavy (non-hydrogen) atoms. The predicted octanol–water partition coefficient (Wildman–Crippen LogP) is 37.0. The summed E-state index contributed by atoms with van der Waals surface area (Å²) in [6.45, 7) is 44.8. The number of nitrogens with zero attached hydrogens (tertiary/aromatic N) is 3. The Balaban J connectivity index is 0.000000192. The monoisotopic (exact) mass is 1990 g/mol. The molecule has 0 atom stereocenters. The fourth-order valence-corrected chi connectivity index (χ4v) is 16.2. The van der Waals surface area contributed by atoms with Crippen LogP contribution < -0.4 is 0 Å². The van der Waals surface area contributed by atoms with E-state index in [1.165, 1.54) is 66.6 Å². The lowest BCUT2D eigenvalue weighted by Gasteiger charge is -2.21. The van der Waals surface area contributed by atoms with E-state index in [4.69, 9.17) is 92.8 Å². The zero-order valence-electron chi connectivity index (χ0n) is 79.8. The maximum atomic E-state index is 14.3. The average Bonchev–Trinajstić information content (AvgIpc) is 0.990. The number of aromatic nitrogens is 4. The highest BCUT2D eigenvalue weighted by atomic mass is 35.5. The first-order valence-electron chi connectivity index (χ1n) is 43.2. The summed E-state index contributed by atoms with van der Waals surface area (Å²) in [5, 5.41) is 10.9. The van der Waals surface area contributed by atoms with Crippen molar-refractivity contribution in [1.29, 1.82) is 0 Å². The van der Waals surface area contributed by atoms with E-state index >= 15 is 0 Å². The van der Waals surface area contributed by atoms with Gasteiger partial charge in [0.2, 0.25) is 0 Å². The molecule has 0 amide bonds. The van der Waals surface area contributed by atoms with Gasteiger partial charge in [-0.2, -0.15) is 0 Å². The molecular weight excluding hydrogens is 1880 g/mol. The maximum Gasteiger partial charge on any atom is 0.145 e. The van der Waals surface area contributed by atoms with Gasteiger partial charge < -0.3 is 14.7 Å². The molecule has 0 unspecified atom stereocenters. The van der Waals surface area contributed by atoms with E-state index < -0.39 is 34.5 Å². The first kappa shape index (κ1) is 110. The molecule has 0 bridgehead atoms. The number of aliphatic hydroxyl groups excluding tert-OH is 1. The van der Waals surface area contributed by atoms with Crippen LogP contribution in [-0.2, 0) is 58.0 Å². The van der Waals surface area contributed by atoms with Crippen molar-refractivity contribution in [2.75, 3.05) is 0 Å². The highest BCUT2D eigenvalue weighted by Gasteiger charge is 2.30. The Morgan fingerprint density at radius 2 is 0.701 bits per heavy atom. The maximum absolute atomic E-state index is 14.3. The van der Waals surface area contributed by atoms with E-state index in [1.807, 2.05) is 196 Å². The molecule has 0 saturated heterocycles. The smallest absolute Gasteiger partial charge is 0.145 e. The second-order valence-electron chi connectivity index (χ2n) is 39.9. The number of hydrogen-bond acceptors (Lipinski definition) is 3. The van der Waals surface area contributed by atoms with Gasteiger partial charge in [0, 0.05) is 45.4 Å². The molecule has 0 fully saturated rings. The molecule has 0 aliphatic heterocycles. The van der Waals surface area contributed by atoms with Crippen molar-refractivity contribution in [1.82, 2.24) is 19.5 Å². The van der Waals surface area contributed by atoms with Crippen molar-refractivity contribution in [2.24, 2.45) is 7.05 Å². The number of nitrogens with one attached hydrogen (secondary N) is 1. The number of H-pyrrole nitrogens is 1. The van der Waals surface area contributed by atoms with Crippen LogP contribution in [0.15, 0.2) is 219 Å². The van der Waals surface area contributed by atoms with Crippen LogP contribution in [0.4, 0.5) is 43.9 Å². The van der Waals surface area contributed by atoms with Gasteiger partial charge in [-0.3, -0.25) is 0 Å². The minimum atomic E-state index is -0.579.